The summed E-state index contributed by atoms with van der Waals surface area (Å²) in [6.45, 7) is 9.81. The van der Waals surface area contributed by atoms with Crippen molar-refractivity contribution in [2.45, 2.75) is 39.8 Å². The Kier molecular flexibility index (Phi) is 5.16. The second-order valence-corrected chi connectivity index (χ2v) is 9.76. The minimum absolute atomic E-state index is 0.0279. The van der Waals surface area contributed by atoms with E-state index in [9.17, 15) is 9.59 Å². The fourth-order valence-electron chi connectivity index (χ4n) is 2.65. The van der Waals surface area contributed by atoms with Crippen LogP contribution in [0.4, 0.5) is 0 Å². The van der Waals surface area contributed by atoms with Crippen LogP contribution in [0.1, 0.15) is 55.3 Å². The molecular formula is C20H23O2P. The maximum absolute atomic E-state index is 11.7. The van der Waals surface area contributed by atoms with Crippen molar-refractivity contribution < 1.29 is 9.59 Å². The largest absolute Gasteiger partial charge is 0.295 e. The van der Waals surface area contributed by atoms with Gasteiger partial charge in [-0.2, -0.15) is 0 Å². The van der Waals surface area contributed by atoms with Crippen molar-refractivity contribution in [3.05, 3.63) is 59.7 Å². The molecule has 0 N–H and O–H groups in total. The van der Waals surface area contributed by atoms with Gasteiger partial charge in [-0.25, -0.2) is 0 Å². The van der Waals surface area contributed by atoms with Crippen LogP contribution in [-0.2, 0) is 0 Å². The highest BCUT2D eigenvalue weighted by atomic mass is 31.1. The summed E-state index contributed by atoms with van der Waals surface area (Å²) in [5.41, 5.74) is 1.48. The van der Waals surface area contributed by atoms with E-state index < -0.39 is 7.92 Å². The first-order valence-electron chi connectivity index (χ1n) is 7.72. The molecule has 0 aromatic heterocycles. The van der Waals surface area contributed by atoms with Crippen molar-refractivity contribution in [3.63, 3.8) is 0 Å². The van der Waals surface area contributed by atoms with Gasteiger partial charge in [-0.1, -0.05) is 57.2 Å². The molecule has 0 atom stereocenters. The van der Waals surface area contributed by atoms with Crippen molar-refractivity contribution >= 4 is 30.1 Å². The third kappa shape index (κ3) is 4.14. The number of benzene rings is 2. The van der Waals surface area contributed by atoms with Gasteiger partial charge in [-0.15, -0.1) is 0 Å². The van der Waals surface area contributed by atoms with Gasteiger partial charge in [0.15, 0.2) is 11.6 Å². The summed E-state index contributed by atoms with van der Waals surface area (Å²) in [5.74, 6) is 0.154. The average Bonchev–Trinajstić information content (AvgIpc) is 2.46. The number of hydrogen-bond acceptors (Lipinski definition) is 2. The molecule has 0 bridgehead atoms. The molecule has 0 unspecified atom stereocenters. The molecule has 120 valence electrons. The molecule has 0 spiro atoms. The molecule has 0 saturated heterocycles. The van der Waals surface area contributed by atoms with Crippen LogP contribution in [0.25, 0.3) is 0 Å². The molecule has 0 aliphatic rings. The minimum Gasteiger partial charge on any atom is -0.295 e. The van der Waals surface area contributed by atoms with Gasteiger partial charge in [-0.05, 0) is 49.7 Å². The summed E-state index contributed by atoms with van der Waals surface area (Å²) in [7, 11) is -0.678. The van der Waals surface area contributed by atoms with Crippen LogP contribution in [-0.4, -0.2) is 16.7 Å². The Morgan fingerprint density at radius 1 is 0.783 bits per heavy atom. The minimum atomic E-state index is -0.678. The Balaban J connectivity index is 2.59. The SMILES string of the molecule is CC(=O)c1cccc(P(c2cccc(C(C)=O)c2)C(C)(C)C)c1. The van der Waals surface area contributed by atoms with E-state index in [-0.39, 0.29) is 16.7 Å². The van der Waals surface area contributed by atoms with Crippen LogP contribution in [0, 0.1) is 0 Å². The van der Waals surface area contributed by atoms with Crippen molar-refractivity contribution in [2.75, 3.05) is 0 Å². The van der Waals surface area contributed by atoms with Crippen molar-refractivity contribution in [3.8, 4) is 0 Å². The van der Waals surface area contributed by atoms with Crippen LogP contribution < -0.4 is 10.6 Å². The molecule has 0 saturated carbocycles. The summed E-state index contributed by atoms with van der Waals surface area (Å²) in [6.07, 6.45) is 0. The lowest BCUT2D eigenvalue weighted by Crippen LogP contribution is -2.27. The predicted octanol–water partition coefficient (Wildman–Crippen LogP) is 4.32. The molecule has 23 heavy (non-hydrogen) atoms. The second-order valence-electron chi connectivity index (χ2n) is 6.72. The fourth-order valence-corrected chi connectivity index (χ4v) is 5.51. The summed E-state index contributed by atoms with van der Waals surface area (Å²) >= 11 is 0. The maximum Gasteiger partial charge on any atom is 0.159 e. The average molecular weight is 326 g/mol. The first-order chi connectivity index (χ1) is 10.7. The lowest BCUT2D eigenvalue weighted by molar-refractivity contribution is 0.100. The van der Waals surface area contributed by atoms with E-state index >= 15 is 0 Å². The van der Waals surface area contributed by atoms with Gasteiger partial charge in [0.2, 0.25) is 0 Å². The van der Waals surface area contributed by atoms with Gasteiger partial charge in [0, 0.05) is 11.1 Å². The summed E-state index contributed by atoms with van der Waals surface area (Å²) < 4.78 is 0. The van der Waals surface area contributed by atoms with Gasteiger partial charge in [0.25, 0.3) is 0 Å². The Morgan fingerprint density at radius 2 is 1.17 bits per heavy atom. The van der Waals surface area contributed by atoms with E-state index in [2.05, 4.69) is 32.9 Å². The lowest BCUT2D eigenvalue weighted by Gasteiger charge is -2.32. The quantitative estimate of drug-likeness (QED) is 0.619. The van der Waals surface area contributed by atoms with E-state index in [1.165, 1.54) is 10.6 Å². The maximum atomic E-state index is 11.7. The van der Waals surface area contributed by atoms with Gasteiger partial charge in [0.1, 0.15) is 0 Å². The number of ketones is 2. The Labute approximate surface area is 139 Å². The Bertz CT molecular complexity index is 684. The molecule has 0 radical (unpaired) electrons. The summed E-state index contributed by atoms with van der Waals surface area (Å²) in [5, 5.41) is 2.36. The zero-order valence-corrected chi connectivity index (χ0v) is 15.3. The highest BCUT2D eigenvalue weighted by Gasteiger charge is 2.28. The zero-order chi connectivity index (χ0) is 17.2. The number of carbonyl (C=O) groups is 2. The molecule has 0 aliphatic heterocycles. The van der Waals surface area contributed by atoms with Gasteiger partial charge in [0.05, 0.1) is 0 Å². The van der Waals surface area contributed by atoms with E-state index in [1.54, 1.807) is 13.8 Å². The summed E-state index contributed by atoms with van der Waals surface area (Å²) in [6, 6.07) is 15.8. The normalized spacial score (nSPS) is 11.6. The van der Waals surface area contributed by atoms with Crippen molar-refractivity contribution in [1.29, 1.82) is 0 Å². The van der Waals surface area contributed by atoms with Crippen LogP contribution in [0.2, 0.25) is 0 Å². The van der Waals surface area contributed by atoms with Gasteiger partial charge >= 0.3 is 0 Å². The number of rotatable bonds is 4. The smallest absolute Gasteiger partial charge is 0.159 e. The van der Waals surface area contributed by atoms with Crippen molar-refractivity contribution in [1.82, 2.24) is 0 Å². The van der Waals surface area contributed by atoms with E-state index in [1.807, 2.05) is 36.4 Å². The molecule has 2 aromatic rings. The van der Waals surface area contributed by atoms with E-state index in [0.29, 0.717) is 0 Å². The fraction of sp³-hybridized carbons (Fsp3) is 0.300. The Morgan fingerprint density at radius 3 is 1.48 bits per heavy atom. The van der Waals surface area contributed by atoms with Crippen LogP contribution >= 0.6 is 7.92 Å². The molecule has 0 amide bonds. The van der Waals surface area contributed by atoms with Gasteiger partial charge < -0.3 is 0 Å². The summed E-state index contributed by atoms with van der Waals surface area (Å²) in [4.78, 5) is 23.4. The second kappa shape index (κ2) is 6.76. The molecular weight excluding hydrogens is 303 g/mol. The standard InChI is InChI=1S/C20H23O2P/c1-14(21)16-8-6-10-18(12-16)23(20(3,4)5)19-11-7-9-17(13-19)15(2)22/h6-13H,1-5H3. The number of Topliss-reactive ketones (excluding diaryl/α,β-unsaturated/α-hetero) is 2. The van der Waals surface area contributed by atoms with Crippen LogP contribution in [0.3, 0.4) is 0 Å². The molecule has 2 nitrogen and oxygen atoms in total. The molecule has 2 aromatic carbocycles. The molecule has 0 fully saturated rings. The lowest BCUT2D eigenvalue weighted by atomic mass is 10.1. The van der Waals surface area contributed by atoms with Crippen LogP contribution in [0.5, 0.6) is 0 Å². The zero-order valence-electron chi connectivity index (χ0n) is 14.4. The third-order valence-corrected chi connectivity index (χ3v) is 6.62. The number of hydrogen-bond donors (Lipinski definition) is 0. The Hall–Kier alpha value is -1.79. The molecule has 2 rings (SSSR count). The van der Waals surface area contributed by atoms with Crippen molar-refractivity contribution in [2.24, 2.45) is 0 Å². The third-order valence-electron chi connectivity index (χ3n) is 3.69. The molecule has 0 heterocycles. The monoisotopic (exact) mass is 326 g/mol. The van der Waals surface area contributed by atoms with Gasteiger partial charge in [-0.3, -0.25) is 9.59 Å². The van der Waals surface area contributed by atoms with E-state index in [4.69, 9.17) is 0 Å². The highest BCUT2D eigenvalue weighted by molar-refractivity contribution is 7.74. The first kappa shape index (κ1) is 17.6. The molecule has 3 heteroatoms. The first-order valence-corrected chi connectivity index (χ1v) is 9.06. The van der Waals surface area contributed by atoms with Crippen LogP contribution in [0.15, 0.2) is 48.5 Å². The topological polar surface area (TPSA) is 34.1 Å². The predicted molar refractivity (Wildman–Crippen MR) is 98.8 cm³/mol. The number of carbonyl (C=O) groups excluding carboxylic acids is 2. The molecule has 0 aliphatic carbocycles. The highest BCUT2D eigenvalue weighted by Crippen LogP contribution is 2.47. The van der Waals surface area contributed by atoms with E-state index in [0.717, 1.165) is 11.1 Å².